The number of hydrogen-bond acceptors (Lipinski definition) is 6. The molecule has 1 saturated heterocycles. The first-order chi connectivity index (χ1) is 10.4. The molecule has 0 aliphatic carbocycles. The van der Waals surface area contributed by atoms with E-state index in [1.54, 1.807) is 11.0 Å². The molecular formula is C14H13N5O2. The van der Waals surface area contributed by atoms with Crippen LogP contribution in [0.1, 0.15) is 18.2 Å². The van der Waals surface area contributed by atoms with E-state index < -0.39 is 0 Å². The van der Waals surface area contributed by atoms with Gasteiger partial charge in [0.1, 0.15) is 12.7 Å². The molecule has 4 rings (SSSR count). The Bertz CT molecular complexity index is 731. The number of rotatable bonds is 3. The number of hydrogen-bond donors (Lipinski definition) is 0. The molecule has 0 saturated carbocycles. The van der Waals surface area contributed by atoms with Gasteiger partial charge in [-0.3, -0.25) is 0 Å². The molecule has 7 heteroatoms. The van der Waals surface area contributed by atoms with Crippen LogP contribution in [0.25, 0.3) is 17.1 Å². The zero-order valence-corrected chi connectivity index (χ0v) is 11.2. The molecular weight excluding hydrogens is 270 g/mol. The van der Waals surface area contributed by atoms with Gasteiger partial charge in [-0.2, -0.15) is 10.1 Å². The Morgan fingerprint density at radius 3 is 3.00 bits per heavy atom. The molecule has 0 spiro atoms. The molecule has 7 nitrogen and oxygen atoms in total. The normalized spacial score (nSPS) is 18.2. The second-order valence-electron chi connectivity index (χ2n) is 4.88. The average molecular weight is 283 g/mol. The maximum Gasteiger partial charge on any atom is 0.260 e. The van der Waals surface area contributed by atoms with Crippen LogP contribution in [-0.2, 0) is 4.74 Å². The highest BCUT2D eigenvalue weighted by atomic mass is 16.5. The van der Waals surface area contributed by atoms with Crippen molar-refractivity contribution < 1.29 is 9.26 Å². The fourth-order valence-corrected chi connectivity index (χ4v) is 2.44. The van der Waals surface area contributed by atoms with E-state index in [0.717, 1.165) is 24.3 Å². The molecule has 0 bridgehead atoms. The van der Waals surface area contributed by atoms with Crippen LogP contribution in [-0.4, -0.2) is 38.1 Å². The summed E-state index contributed by atoms with van der Waals surface area (Å²) in [6.45, 7) is 1.41. The molecule has 1 aliphatic heterocycles. The Morgan fingerprint density at radius 2 is 2.19 bits per heavy atom. The lowest BCUT2D eigenvalue weighted by molar-refractivity contribution is 0.192. The third-order valence-electron chi connectivity index (χ3n) is 3.54. The van der Waals surface area contributed by atoms with Crippen molar-refractivity contribution in [1.82, 2.24) is 24.9 Å². The number of ether oxygens (including phenoxy) is 1. The lowest BCUT2D eigenvalue weighted by Gasteiger charge is -2.04. The Hall–Kier alpha value is -2.54. The van der Waals surface area contributed by atoms with Crippen LogP contribution in [0.3, 0.4) is 0 Å². The van der Waals surface area contributed by atoms with Gasteiger partial charge in [0.25, 0.3) is 5.89 Å². The molecule has 106 valence electrons. The van der Waals surface area contributed by atoms with Gasteiger partial charge in [0.15, 0.2) is 5.82 Å². The summed E-state index contributed by atoms with van der Waals surface area (Å²) in [6.07, 6.45) is 4.07. The maximum atomic E-state index is 5.42. The topological polar surface area (TPSA) is 78.9 Å². The van der Waals surface area contributed by atoms with Crippen LogP contribution < -0.4 is 0 Å². The largest absolute Gasteiger partial charge is 0.381 e. The fourth-order valence-electron chi connectivity index (χ4n) is 2.44. The van der Waals surface area contributed by atoms with E-state index >= 15 is 0 Å². The molecule has 1 fully saturated rings. The highest BCUT2D eigenvalue weighted by Gasteiger charge is 2.24. The molecule has 1 aromatic carbocycles. The second kappa shape index (κ2) is 5.10. The summed E-state index contributed by atoms with van der Waals surface area (Å²) in [7, 11) is 0. The molecule has 2 aromatic heterocycles. The fraction of sp³-hybridized carbons (Fsp3) is 0.286. The molecule has 0 radical (unpaired) electrons. The van der Waals surface area contributed by atoms with Crippen molar-refractivity contribution in [2.24, 2.45) is 0 Å². The van der Waals surface area contributed by atoms with Gasteiger partial charge >= 0.3 is 0 Å². The number of aromatic nitrogens is 5. The molecule has 1 unspecified atom stereocenters. The van der Waals surface area contributed by atoms with E-state index in [2.05, 4.69) is 20.2 Å². The highest BCUT2D eigenvalue weighted by molar-refractivity contribution is 5.65. The van der Waals surface area contributed by atoms with Gasteiger partial charge < -0.3 is 9.26 Å². The van der Waals surface area contributed by atoms with Gasteiger partial charge in [-0.1, -0.05) is 17.3 Å². The van der Waals surface area contributed by atoms with Crippen LogP contribution in [0.2, 0.25) is 0 Å². The zero-order chi connectivity index (χ0) is 14.1. The molecule has 1 atom stereocenters. The van der Waals surface area contributed by atoms with E-state index in [-0.39, 0.29) is 5.92 Å². The Balaban J connectivity index is 1.74. The predicted octanol–water partition coefficient (Wildman–Crippen LogP) is 1.82. The lowest BCUT2D eigenvalue weighted by Crippen LogP contribution is -2.00. The minimum atomic E-state index is 0.223. The van der Waals surface area contributed by atoms with Crippen LogP contribution in [0.15, 0.2) is 41.4 Å². The minimum absolute atomic E-state index is 0.223. The summed E-state index contributed by atoms with van der Waals surface area (Å²) >= 11 is 0. The Labute approximate surface area is 120 Å². The average Bonchev–Trinajstić information content (AvgIpc) is 3.27. The summed E-state index contributed by atoms with van der Waals surface area (Å²) in [5, 5.41) is 8.24. The van der Waals surface area contributed by atoms with E-state index in [1.165, 1.54) is 6.33 Å². The van der Waals surface area contributed by atoms with E-state index in [9.17, 15) is 0 Å². The van der Waals surface area contributed by atoms with Crippen LogP contribution in [0.5, 0.6) is 0 Å². The summed E-state index contributed by atoms with van der Waals surface area (Å²) in [6, 6.07) is 7.73. The van der Waals surface area contributed by atoms with Gasteiger partial charge in [0.05, 0.1) is 17.9 Å². The van der Waals surface area contributed by atoms with Crippen molar-refractivity contribution in [2.45, 2.75) is 12.3 Å². The maximum absolute atomic E-state index is 5.42. The van der Waals surface area contributed by atoms with Crippen molar-refractivity contribution in [1.29, 1.82) is 0 Å². The molecule has 0 amide bonds. The van der Waals surface area contributed by atoms with Crippen molar-refractivity contribution in [3.05, 3.63) is 42.7 Å². The second-order valence-corrected chi connectivity index (χ2v) is 4.88. The number of para-hydroxylation sites is 1. The van der Waals surface area contributed by atoms with E-state index in [0.29, 0.717) is 18.3 Å². The Kier molecular flexibility index (Phi) is 2.97. The van der Waals surface area contributed by atoms with Crippen molar-refractivity contribution in [3.63, 3.8) is 0 Å². The van der Waals surface area contributed by atoms with Crippen LogP contribution in [0, 0.1) is 0 Å². The third-order valence-corrected chi connectivity index (χ3v) is 3.54. The van der Waals surface area contributed by atoms with Crippen molar-refractivity contribution in [3.8, 4) is 17.1 Å². The lowest BCUT2D eigenvalue weighted by atomic mass is 10.1. The quantitative estimate of drug-likeness (QED) is 0.729. The van der Waals surface area contributed by atoms with Crippen LogP contribution in [0.4, 0.5) is 0 Å². The van der Waals surface area contributed by atoms with Gasteiger partial charge in [-0.15, -0.1) is 0 Å². The number of nitrogens with zero attached hydrogens (tertiary/aromatic N) is 5. The molecule has 1 aliphatic rings. The third kappa shape index (κ3) is 2.21. The highest BCUT2D eigenvalue weighted by Crippen LogP contribution is 2.28. The first-order valence-corrected chi connectivity index (χ1v) is 6.77. The monoisotopic (exact) mass is 283 g/mol. The first-order valence-electron chi connectivity index (χ1n) is 6.77. The molecule has 21 heavy (non-hydrogen) atoms. The standard InChI is InChI=1S/C14H13N5O2/c1-2-4-12(19-9-15-8-16-19)11(3-1)14-17-13(18-21-14)10-5-6-20-7-10/h1-4,8-10H,5-7H2. The van der Waals surface area contributed by atoms with Crippen molar-refractivity contribution in [2.75, 3.05) is 13.2 Å². The minimum Gasteiger partial charge on any atom is -0.381 e. The van der Waals surface area contributed by atoms with E-state index in [1.807, 2.05) is 24.3 Å². The van der Waals surface area contributed by atoms with Crippen LogP contribution >= 0.6 is 0 Å². The number of benzene rings is 1. The molecule has 0 N–H and O–H groups in total. The molecule has 3 heterocycles. The SMILES string of the molecule is c1ccc(-n2cncn2)c(-c2nc(C3CCOC3)no2)c1. The van der Waals surface area contributed by atoms with Gasteiger partial charge in [-0.05, 0) is 18.6 Å². The van der Waals surface area contributed by atoms with Crippen molar-refractivity contribution >= 4 is 0 Å². The molecule has 3 aromatic rings. The first kappa shape index (κ1) is 12.2. The van der Waals surface area contributed by atoms with E-state index in [4.69, 9.17) is 9.26 Å². The summed E-state index contributed by atoms with van der Waals surface area (Å²) < 4.78 is 12.5. The summed E-state index contributed by atoms with van der Waals surface area (Å²) in [4.78, 5) is 8.48. The smallest absolute Gasteiger partial charge is 0.260 e. The van der Waals surface area contributed by atoms with Gasteiger partial charge in [0, 0.05) is 12.5 Å². The van der Waals surface area contributed by atoms with Gasteiger partial charge in [-0.25, -0.2) is 9.67 Å². The summed E-state index contributed by atoms with van der Waals surface area (Å²) in [5.74, 6) is 1.42. The zero-order valence-electron chi connectivity index (χ0n) is 11.2. The Morgan fingerprint density at radius 1 is 1.24 bits per heavy atom. The van der Waals surface area contributed by atoms with Gasteiger partial charge in [0.2, 0.25) is 0 Å². The summed E-state index contributed by atoms with van der Waals surface area (Å²) in [5.41, 5.74) is 1.69. The predicted molar refractivity (Wildman–Crippen MR) is 72.8 cm³/mol.